The SMILES string of the molecule is C=C/C=C\C(=C/C)N(c1ccc(-c2c(-c3ccccc3)c(-c3ccccc3)c(-c3ccc(N(c4ccccc4)C(C)C)cc3)c3ccccc23)cc1)c1cccc(C)c1. The van der Waals surface area contributed by atoms with E-state index in [9.17, 15) is 0 Å². The van der Waals surface area contributed by atoms with Crippen molar-refractivity contribution in [1.29, 1.82) is 0 Å². The van der Waals surface area contributed by atoms with Gasteiger partial charge in [-0.05, 0) is 143 Å². The molecule has 2 nitrogen and oxygen atoms in total. The molecule has 0 radical (unpaired) electrons. The van der Waals surface area contributed by atoms with E-state index >= 15 is 0 Å². The molecule has 0 amide bonds. The fourth-order valence-electron chi connectivity index (χ4n) is 8.41. The third kappa shape index (κ3) is 7.91. The van der Waals surface area contributed by atoms with E-state index in [4.69, 9.17) is 0 Å². The largest absolute Gasteiger partial charge is 0.339 e. The van der Waals surface area contributed by atoms with Crippen LogP contribution in [0.2, 0.25) is 0 Å². The molecule has 0 saturated carbocycles. The molecule has 0 fully saturated rings. The minimum Gasteiger partial charge on any atom is -0.339 e. The van der Waals surface area contributed by atoms with Crippen LogP contribution in [0.3, 0.4) is 0 Å². The molecule has 2 heteroatoms. The summed E-state index contributed by atoms with van der Waals surface area (Å²) in [6, 6.07) is 68.7. The number of allylic oxidation sites excluding steroid dienone is 4. The van der Waals surface area contributed by atoms with Gasteiger partial charge in [0.15, 0.2) is 0 Å². The van der Waals surface area contributed by atoms with E-state index in [1.807, 2.05) is 12.2 Å². The third-order valence-corrected chi connectivity index (χ3v) is 11.0. The number of fused-ring (bicyclic) bond motifs is 1. The highest BCUT2D eigenvalue weighted by atomic mass is 15.2. The molecule has 0 aliphatic rings. The van der Waals surface area contributed by atoms with Crippen LogP contribution in [0.15, 0.2) is 225 Å². The first-order chi connectivity index (χ1) is 29.0. The maximum absolute atomic E-state index is 3.94. The van der Waals surface area contributed by atoms with Gasteiger partial charge in [0.25, 0.3) is 0 Å². The van der Waals surface area contributed by atoms with E-state index in [1.165, 1.54) is 66.7 Å². The van der Waals surface area contributed by atoms with Gasteiger partial charge in [0, 0.05) is 34.5 Å². The van der Waals surface area contributed by atoms with Crippen LogP contribution in [0.25, 0.3) is 55.3 Å². The molecule has 0 bridgehead atoms. The first-order valence-corrected chi connectivity index (χ1v) is 20.5. The van der Waals surface area contributed by atoms with Crippen molar-refractivity contribution in [3.8, 4) is 44.5 Å². The standard InChI is InChI=1S/C57H50N2/c1-6-8-26-47(7-2)59(51-29-20-21-42(5)40-51)50-38-34-46(35-39-50)55-53-31-19-18-30-52(53)54(56(43-22-12-9-13-23-43)57(55)44-24-14-10-15-25-44)45-32-36-49(37-33-45)58(41(3)4)48-27-16-11-17-28-48/h6-41H,1H2,2-5H3/b26-8-,47-7+. The normalized spacial score (nSPS) is 11.6. The van der Waals surface area contributed by atoms with E-state index in [0.717, 1.165) is 22.6 Å². The Kier molecular flexibility index (Phi) is 11.5. The third-order valence-electron chi connectivity index (χ3n) is 11.0. The highest BCUT2D eigenvalue weighted by molar-refractivity contribution is 6.18. The molecular weight excluding hydrogens is 713 g/mol. The van der Waals surface area contributed by atoms with E-state index in [-0.39, 0.29) is 6.04 Å². The summed E-state index contributed by atoms with van der Waals surface area (Å²) in [5.41, 5.74) is 16.4. The van der Waals surface area contributed by atoms with Crippen molar-refractivity contribution < 1.29 is 0 Å². The number of para-hydroxylation sites is 1. The fourth-order valence-corrected chi connectivity index (χ4v) is 8.41. The number of hydrogen-bond donors (Lipinski definition) is 0. The van der Waals surface area contributed by atoms with Crippen molar-refractivity contribution in [3.05, 3.63) is 230 Å². The number of hydrogen-bond acceptors (Lipinski definition) is 2. The maximum atomic E-state index is 3.94. The van der Waals surface area contributed by atoms with Gasteiger partial charge < -0.3 is 9.80 Å². The highest BCUT2D eigenvalue weighted by Crippen LogP contribution is 2.51. The number of anilines is 4. The number of rotatable bonds is 12. The van der Waals surface area contributed by atoms with Crippen LogP contribution in [0.5, 0.6) is 0 Å². The van der Waals surface area contributed by atoms with Crippen LogP contribution in [0.1, 0.15) is 26.3 Å². The topological polar surface area (TPSA) is 6.48 Å². The number of aryl methyl sites for hydroxylation is 1. The number of benzene rings is 8. The molecule has 0 N–H and O–H groups in total. The van der Waals surface area contributed by atoms with Gasteiger partial charge in [-0.25, -0.2) is 0 Å². The summed E-state index contributed by atoms with van der Waals surface area (Å²) in [4.78, 5) is 4.71. The zero-order valence-electron chi connectivity index (χ0n) is 34.4. The Morgan fingerprint density at radius 1 is 0.475 bits per heavy atom. The summed E-state index contributed by atoms with van der Waals surface area (Å²) in [6.07, 6.45) is 8.08. The van der Waals surface area contributed by atoms with Crippen molar-refractivity contribution >= 4 is 33.5 Å². The molecule has 8 aromatic carbocycles. The van der Waals surface area contributed by atoms with E-state index in [0.29, 0.717) is 0 Å². The quantitative estimate of drug-likeness (QED) is 0.114. The molecule has 8 rings (SSSR count). The fraction of sp³-hybridized carbons (Fsp3) is 0.0877. The molecular formula is C57H50N2. The van der Waals surface area contributed by atoms with Crippen molar-refractivity contribution in [2.75, 3.05) is 9.80 Å². The molecule has 8 aromatic rings. The molecule has 0 aliphatic carbocycles. The van der Waals surface area contributed by atoms with Gasteiger partial charge in [-0.3, -0.25) is 0 Å². The summed E-state index contributed by atoms with van der Waals surface area (Å²) < 4.78 is 0. The summed E-state index contributed by atoms with van der Waals surface area (Å²) in [7, 11) is 0. The second-order valence-electron chi connectivity index (χ2n) is 15.2. The van der Waals surface area contributed by atoms with E-state index < -0.39 is 0 Å². The first kappa shape index (κ1) is 38.7. The molecule has 0 aromatic heterocycles. The van der Waals surface area contributed by atoms with Gasteiger partial charge in [-0.15, -0.1) is 0 Å². The van der Waals surface area contributed by atoms with E-state index in [1.54, 1.807) is 0 Å². The lowest BCUT2D eigenvalue weighted by Gasteiger charge is -2.29. The van der Waals surface area contributed by atoms with Gasteiger partial charge in [-0.1, -0.05) is 164 Å². The van der Waals surface area contributed by atoms with Gasteiger partial charge in [0.1, 0.15) is 0 Å². The van der Waals surface area contributed by atoms with Crippen molar-refractivity contribution in [2.24, 2.45) is 0 Å². The predicted molar refractivity (Wildman–Crippen MR) is 256 cm³/mol. The van der Waals surface area contributed by atoms with Crippen LogP contribution in [0, 0.1) is 6.92 Å². The zero-order valence-corrected chi connectivity index (χ0v) is 34.4. The second-order valence-corrected chi connectivity index (χ2v) is 15.2. The van der Waals surface area contributed by atoms with Gasteiger partial charge in [-0.2, -0.15) is 0 Å². The minimum absolute atomic E-state index is 0.288. The Morgan fingerprint density at radius 2 is 0.915 bits per heavy atom. The molecule has 0 atom stereocenters. The van der Waals surface area contributed by atoms with E-state index in [2.05, 4.69) is 244 Å². The highest BCUT2D eigenvalue weighted by Gasteiger charge is 2.25. The molecule has 0 unspecified atom stereocenters. The summed E-state index contributed by atoms with van der Waals surface area (Å²) in [5.74, 6) is 0. The summed E-state index contributed by atoms with van der Waals surface area (Å²) in [6.45, 7) is 12.7. The van der Waals surface area contributed by atoms with Gasteiger partial charge in [0.2, 0.25) is 0 Å². The summed E-state index contributed by atoms with van der Waals surface area (Å²) >= 11 is 0. The first-order valence-electron chi connectivity index (χ1n) is 20.5. The lowest BCUT2D eigenvalue weighted by atomic mass is 9.79. The molecule has 288 valence electrons. The van der Waals surface area contributed by atoms with Crippen LogP contribution < -0.4 is 9.80 Å². The molecule has 0 saturated heterocycles. The smallest absolute Gasteiger partial charge is 0.0464 e. The second kappa shape index (κ2) is 17.5. The molecule has 0 spiro atoms. The molecule has 59 heavy (non-hydrogen) atoms. The van der Waals surface area contributed by atoms with Crippen molar-refractivity contribution in [2.45, 2.75) is 33.7 Å². The lowest BCUT2D eigenvalue weighted by Crippen LogP contribution is -2.25. The van der Waals surface area contributed by atoms with Crippen molar-refractivity contribution in [1.82, 2.24) is 0 Å². The average molecular weight is 763 g/mol. The van der Waals surface area contributed by atoms with Crippen LogP contribution in [-0.2, 0) is 0 Å². The Morgan fingerprint density at radius 3 is 1.39 bits per heavy atom. The minimum atomic E-state index is 0.288. The molecule has 0 heterocycles. The maximum Gasteiger partial charge on any atom is 0.0464 e. The van der Waals surface area contributed by atoms with Gasteiger partial charge in [0.05, 0.1) is 0 Å². The van der Waals surface area contributed by atoms with Crippen LogP contribution in [0.4, 0.5) is 22.7 Å². The Bertz CT molecular complexity index is 2740. The zero-order chi connectivity index (χ0) is 40.7. The average Bonchev–Trinajstić information content (AvgIpc) is 3.28. The van der Waals surface area contributed by atoms with Gasteiger partial charge >= 0.3 is 0 Å². The molecule has 0 aliphatic heterocycles. The Labute approximate surface area is 350 Å². The Balaban J connectivity index is 1.38. The monoisotopic (exact) mass is 762 g/mol. The lowest BCUT2D eigenvalue weighted by molar-refractivity contribution is 0.789. The number of nitrogens with zero attached hydrogens (tertiary/aromatic N) is 2. The van der Waals surface area contributed by atoms with Crippen LogP contribution in [-0.4, -0.2) is 6.04 Å². The summed E-state index contributed by atoms with van der Waals surface area (Å²) in [5, 5.41) is 2.43. The Hall–Kier alpha value is -7.16. The van der Waals surface area contributed by atoms with Crippen molar-refractivity contribution in [3.63, 3.8) is 0 Å². The predicted octanol–water partition coefficient (Wildman–Crippen LogP) is 16.1. The van der Waals surface area contributed by atoms with Crippen LogP contribution >= 0.6 is 0 Å².